The van der Waals surface area contributed by atoms with Crippen molar-refractivity contribution in [1.29, 1.82) is 0 Å². The maximum absolute atomic E-state index is 12.7. The molecule has 0 aromatic heterocycles. The second-order valence-corrected chi connectivity index (χ2v) is 10.0. The van der Waals surface area contributed by atoms with Gasteiger partial charge in [0, 0.05) is 11.6 Å². The van der Waals surface area contributed by atoms with Crippen molar-refractivity contribution in [3.05, 3.63) is 23.2 Å². The molecule has 0 radical (unpaired) electrons. The van der Waals surface area contributed by atoms with Crippen LogP contribution in [-0.2, 0) is 14.8 Å². The van der Waals surface area contributed by atoms with E-state index in [1.165, 1.54) is 26.0 Å². The molecule has 1 fully saturated rings. The first kappa shape index (κ1) is 23.8. The largest absolute Gasteiger partial charge is 0.495 e. The number of rotatable bonds is 9. The van der Waals surface area contributed by atoms with E-state index in [1.807, 2.05) is 0 Å². The SMILES string of the molecule is COc1ccc(Cl)cc1N([C@@H](C)C(=O)NCCCN1CCC(C)CC1)S(C)(=O)=O. The Kier molecular flexibility index (Phi) is 8.60. The number of nitrogens with zero attached hydrogens (tertiary/aromatic N) is 2. The van der Waals surface area contributed by atoms with E-state index >= 15 is 0 Å². The number of hydrogen-bond acceptors (Lipinski definition) is 5. The number of anilines is 1. The van der Waals surface area contributed by atoms with Crippen LogP contribution in [-0.4, -0.2) is 64.8 Å². The fourth-order valence-corrected chi connectivity index (χ4v) is 4.90. The predicted molar refractivity (Wildman–Crippen MR) is 117 cm³/mol. The molecule has 1 aliphatic rings. The van der Waals surface area contributed by atoms with Crippen LogP contribution in [0.2, 0.25) is 5.02 Å². The Morgan fingerprint density at radius 2 is 2.03 bits per heavy atom. The lowest BCUT2D eigenvalue weighted by atomic mass is 9.99. The Labute approximate surface area is 179 Å². The van der Waals surface area contributed by atoms with Crippen molar-refractivity contribution < 1.29 is 17.9 Å². The number of carbonyl (C=O) groups is 1. The van der Waals surface area contributed by atoms with Crippen molar-refractivity contribution in [3.63, 3.8) is 0 Å². The summed E-state index contributed by atoms with van der Waals surface area (Å²) in [5.74, 6) is 0.765. The van der Waals surface area contributed by atoms with Crippen LogP contribution in [0, 0.1) is 5.92 Å². The minimum atomic E-state index is -3.74. The first-order valence-corrected chi connectivity index (χ1v) is 12.2. The molecule has 1 aromatic rings. The maximum atomic E-state index is 12.7. The molecule has 0 bridgehead atoms. The number of sulfonamides is 1. The lowest BCUT2D eigenvalue weighted by Gasteiger charge is -2.31. The maximum Gasteiger partial charge on any atom is 0.243 e. The number of piperidine rings is 1. The fourth-order valence-electron chi connectivity index (χ4n) is 3.56. The molecule has 0 unspecified atom stereocenters. The highest BCUT2D eigenvalue weighted by Gasteiger charge is 2.31. The summed E-state index contributed by atoms with van der Waals surface area (Å²) < 4.78 is 31.3. The monoisotopic (exact) mass is 445 g/mol. The quantitative estimate of drug-likeness (QED) is 0.591. The third-order valence-corrected chi connectivity index (χ3v) is 6.76. The highest BCUT2D eigenvalue weighted by Crippen LogP contribution is 2.34. The van der Waals surface area contributed by atoms with Crippen molar-refractivity contribution in [2.24, 2.45) is 5.92 Å². The first-order valence-electron chi connectivity index (χ1n) is 9.96. The molecule has 7 nitrogen and oxygen atoms in total. The van der Waals surface area contributed by atoms with Crippen LogP contribution in [0.5, 0.6) is 5.75 Å². The number of carbonyl (C=O) groups excluding carboxylic acids is 1. The van der Waals surface area contributed by atoms with Gasteiger partial charge in [-0.3, -0.25) is 9.10 Å². The van der Waals surface area contributed by atoms with E-state index in [1.54, 1.807) is 19.1 Å². The number of benzene rings is 1. The minimum absolute atomic E-state index is 0.243. The molecule has 1 atom stereocenters. The Bertz CT molecular complexity index is 795. The highest BCUT2D eigenvalue weighted by molar-refractivity contribution is 7.92. The Morgan fingerprint density at radius 1 is 1.38 bits per heavy atom. The van der Waals surface area contributed by atoms with Gasteiger partial charge >= 0.3 is 0 Å². The summed E-state index contributed by atoms with van der Waals surface area (Å²) >= 11 is 6.06. The number of hydrogen-bond donors (Lipinski definition) is 1. The summed E-state index contributed by atoms with van der Waals surface area (Å²) in [5.41, 5.74) is 0.243. The number of likely N-dealkylation sites (tertiary alicyclic amines) is 1. The topological polar surface area (TPSA) is 79.0 Å². The number of amides is 1. The van der Waals surface area contributed by atoms with Crippen molar-refractivity contribution >= 4 is 33.2 Å². The summed E-state index contributed by atoms with van der Waals surface area (Å²) in [5, 5.41) is 3.22. The van der Waals surface area contributed by atoms with E-state index in [4.69, 9.17) is 16.3 Å². The molecule has 1 aliphatic heterocycles. The number of ether oxygens (including phenoxy) is 1. The molecule has 1 heterocycles. The Balaban J connectivity index is 2.00. The van der Waals surface area contributed by atoms with Gasteiger partial charge < -0.3 is 15.0 Å². The fraction of sp³-hybridized carbons (Fsp3) is 0.650. The molecule has 0 spiro atoms. The molecular weight excluding hydrogens is 414 g/mol. The highest BCUT2D eigenvalue weighted by atomic mass is 35.5. The van der Waals surface area contributed by atoms with Gasteiger partial charge in [0.05, 0.1) is 19.1 Å². The Morgan fingerprint density at radius 3 is 2.62 bits per heavy atom. The van der Waals surface area contributed by atoms with E-state index in [-0.39, 0.29) is 11.6 Å². The van der Waals surface area contributed by atoms with Gasteiger partial charge in [-0.05, 0) is 69.9 Å². The Hall–Kier alpha value is -1.51. The van der Waals surface area contributed by atoms with Gasteiger partial charge in [0.15, 0.2) is 0 Å². The van der Waals surface area contributed by atoms with Crippen LogP contribution in [0.15, 0.2) is 18.2 Å². The van der Waals surface area contributed by atoms with Gasteiger partial charge in [0.25, 0.3) is 0 Å². The average Bonchev–Trinajstić information content (AvgIpc) is 2.65. The van der Waals surface area contributed by atoms with Crippen LogP contribution < -0.4 is 14.4 Å². The van der Waals surface area contributed by atoms with Crippen LogP contribution >= 0.6 is 11.6 Å². The number of nitrogens with one attached hydrogen (secondary N) is 1. The van der Waals surface area contributed by atoms with Crippen LogP contribution in [0.25, 0.3) is 0 Å². The van der Waals surface area contributed by atoms with Gasteiger partial charge in [-0.2, -0.15) is 0 Å². The number of methoxy groups -OCH3 is 1. The van der Waals surface area contributed by atoms with Crippen molar-refractivity contribution in [2.45, 2.75) is 39.2 Å². The summed E-state index contributed by atoms with van der Waals surface area (Å²) in [4.78, 5) is 15.1. The van der Waals surface area contributed by atoms with Gasteiger partial charge in [0.1, 0.15) is 11.8 Å². The van der Waals surface area contributed by atoms with Crippen LogP contribution in [0.3, 0.4) is 0 Å². The molecule has 2 rings (SSSR count). The molecule has 1 N–H and O–H groups in total. The molecule has 29 heavy (non-hydrogen) atoms. The normalized spacial score (nSPS) is 17.0. The molecular formula is C20H32ClN3O4S. The summed E-state index contributed by atoms with van der Waals surface area (Å²) in [6, 6.07) is 3.74. The molecule has 0 aliphatic carbocycles. The van der Waals surface area contributed by atoms with Gasteiger partial charge in [0.2, 0.25) is 15.9 Å². The first-order chi connectivity index (χ1) is 13.6. The smallest absolute Gasteiger partial charge is 0.243 e. The van der Waals surface area contributed by atoms with E-state index in [0.717, 1.165) is 42.5 Å². The van der Waals surface area contributed by atoms with Crippen LogP contribution in [0.4, 0.5) is 5.69 Å². The van der Waals surface area contributed by atoms with Crippen molar-refractivity contribution in [1.82, 2.24) is 10.2 Å². The lowest BCUT2D eigenvalue weighted by molar-refractivity contribution is -0.121. The third kappa shape index (κ3) is 6.76. The van der Waals surface area contributed by atoms with E-state index in [0.29, 0.717) is 17.3 Å². The van der Waals surface area contributed by atoms with Crippen LogP contribution in [0.1, 0.15) is 33.1 Å². The zero-order valence-corrected chi connectivity index (χ0v) is 19.2. The van der Waals surface area contributed by atoms with Crippen molar-refractivity contribution in [2.75, 3.05) is 43.8 Å². The number of halogens is 1. The molecule has 9 heteroatoms. The van der Waals surface area contributed by atoms with Gasteiger partial charge in [-0.1, -0.05) is 18.5 Å². The summed E-state index contributed by atoms with van der Waals surface area (Å²) in [7, 11) is -2.30. The molecule has 0 saturated carbocycles. The van der Waals surface area contributed by atoms with Gasteiger partial charge in [-0.25, -0.2) is 8.42 Å². The molecule has 164 valence electrons. The summed E-state index contributed by atoms with van der Waals surface area (Å²) in [6.07, 6.45) is 4.32. The summed E-state index contributed by atoms with van der Waals surface area (Å²) in [6.45, 7) is 7.47. The van der Waals surface area contributed by atoms with Gasteiger partial charge in [-0.15, -0.1) is 0 Å². The average molecular weight is 446 g/mol. The predicted octanol–water partition coefficient (Wildman–Crippen LogP) is 2.74. The van der Waals surface area contributed by atoms with E-state index in [9.17, 15) is 13.2 Å². The standard InChI is InChI=1S/C20H32ClN3O4S/c1-15-8-12-23(13-9-15)11-5-10-22-20(25)16(2)24(29(4,26)27)18-14-17(21)6-7-19(18)28-3/h6-7,14-16H,5,8-13H2,1-4H3,(H,22,25)/t16-/m0/s1. The molecule has 1 saturated heterocycles. The third-order valence-electron chi connectivity index (χ3n) is 5.29. The van der Waals surface area contributed by atoms with E-state index in [2.05, 4.69) is 17.1 Å². The zero-order chi connectivity index (χ0) is 21.6. The second-order valence-electron chi connectivity index (χ2n) is 7.72. The lowest BCUT2D eigenvalue weighted by Crippen LogP contribution is -2.48. The molecule has 1 amide bonds. The second kappa shape index (κ2) is 10.5. The zero-order valence-electron chi connectivity index (χ0n) is 17.7. The van der Waals surface area contributed by atoms with E-state index < -0.39 is 16.1 Å². The molecule has 1 aromatic carbocycles. The minimum Gasteiger partial charge on any atom is -0.495 e. The van der Waals surface area contributed by atoms with Crippen molar-refractivity contribution in [3.8, 4) is 5.75 Å².